The Hall–Kier alpha value is -3.09. The maximum absolute atomic E-state index is 12.0. The van der Waals surface area contributed by atoms with E-state index < -0.39 is 5.60 Å². The first-order valence-electron chi connectivity index (χ1n) is 11.3. The minimum Gasteiger partial charge on any atom is -0.444 e. The van der Waals surface area contributed by atoms with Gasteiger partial charge in [0, 0.05) is 36.7 Å². The Morgan fingerprint density at radius 2 is 1.88 bits per heavy atom. The van der Waals surface area contributed by atoms with E-state index >= 15 is 0 Å². The number of oxazole rings is 1. The molecule has 170 valence electrons. The summed E-state index contributed by atoms with van der Waals surface area (Å²) in [5.41, 5.74) is 0.540. The van der Waals surface area contributed by atoms with E-state index in [0.717, 1.165) is 60.1 Å². The molecule has 1 amide bonds. The number of anilines is 1. The second-order valence-corrected chi connectivity index (χ2v) is 9.62. The summed E-state index contributed by atoms with van der Waals surface area (Å²) in [7, 11) is 0. The van der Waals surface area contributed by atoms with E-state index in [1.54, 1.807) is 6.20 Å². The standard InChI is InChI=1S/C25H32N4O3/c1-16-26-15-22(31-16)18-7-8-19-14-28-23(12-20(19)11-18)27-13-17-5-9-21(10-6-17)29-24(30)32-25(2,3)4/h7-8,11-12,14-15,17,21H,5-6,9-10,13H2,1-4H3,(H,27,28)(H,29,30). The predicted octanol–water partition coefficient (Wildman–Crippen LogP) is 5.69. The number of fused-ring (bicyclic) bond motifs is 1. The van der Waals surface area contributed by atoms with Gasteiger partial charge in [-0.2, -0.15) is 0 Å². The van der Waals surface area contributed by atoms with Crippen molar-refractivity contribution >= 4 is 22.7 Å². The smallest absolute Gasteiger partial charge is 0.407 e. The summed E-state index contributed by atoms with van der Waals surface area (Å²) in [6.07, 6.45) is 7.40. The van der Waals surface area contributed by atoms with Crippen molar-refractivity contribution in [3.05, 3.63) is 42.5 Å². The van der Waals surface area contributed by atoms with E-state index in [1.807, 2.05) is 40.0 Å². The largest absolute Gasteiger partial charge is 0.444 e. The number of alkyl carbamates (subject to hydrolysis) is 1. The molecule has 7 nitrogen and oxygen atoms in total. The number of aryl methyl sites for hydroxylation is 1. The molecule has 0 unspecified atom stereocenters. The lowest BCUT2D eigenvalue weighted by molar-refractivity contribution is 0.0488. The van der Waals surface area contributed by atoms with Gasteiger partial charge in [-0.3, -0.25) is 0 Å². The van der Waals surface area contributed by atoms with Crippen LogP contribution in [0.4, 0.5) is 10.6 Å². The lowest BCUT2D eigenvalue weighted by Crippen LogP contribution is -2.41. The molecule has 0 radical (unpaired) electrons. The fourth-order valence-corrected chi connectivity index (χ4v) is 4.12. The fraction of sp³-hybridized carbons (Fsp3) is 0.480. The molecule has 0 spiro atoms. The van der Waals surface area contributed by atoms with Gasteiger partial charge in [0.25, 0.3) is 0 Å². The van der Waals surface area contributed by atoms with Gasteiger partial charge in [0.2, 0.25) is 0 Å². The molecule has 0 aliphatic heterocycles. The zero-order valence-electron chi connectivity index (χ0n) is 19.3. The lowest BCUT2D eigenvalue weighted by Gasteiger charge is -2.30. The van der Waals surface area contributed by atoms with E-state index in [4.69, 9.17) is 9.15 Å². The molecule has 1 fully saturated rings. The summed E-state index contributed by atoms with van der Waals surface area (Å²) in [6.45, 7) is 8.36. The first-order valence-corrected chi connectivity index (χ1v) is 11.3. The zero-order chi connectivity index (χ0) is 22.7. The number of nitrogens with one attached hydrogen (secondary N) is 2. The molecule has 32 heavy (non-hydrogen) atoms. The van der Waals surface area contributed by atoms with Crippen LogP contribution in [-0.2, 0) is 4.74 Å². The van der Waals surface area contributed by atoms with Crippen LogP contribution in [0.2, 0.25) is 0 Å². The molecule has 0 saturated heterocycles. The summed E-state index contributed by atoms with van der Waals surface area (Å²) in [5, 5.41) is 8.70. The van der Waals surface area contributed by atoms with Gasteiger partial charge >= 0.3 is 6.09 Å². The van der Waals surface area contributed by atoms with Crippen molar-refractivity contribution in [2.45, 2.75) is 65.0 Å². The van der Waals surface area contributed by atoms with Gasteiger partial charge in [0.05, 0.1) is 6.20 Å². The summed E-state index contributed by atoms with van der Waals surface area (Å²) in [5.74, 6) is 2.87. The number of amides is 1. The van der Waals surface area contributed by atoms with Crippen molar-refractivity contribution in [3.63, 3.8) is 0 Å². The molecule has 1 aliphatic carbocycles. The average Bonchev–Trinajstić information content (AvgIpc) is 3.17. The molecule has 3 aromatic rings. The second-order valence-electron chi connectivity index (χ2n) is 9.62. The normalized spacial score (nSPS) is 19.0. The Bertz CT molecular complexity index is 1080. The van der Waals surface area contributed by atoms with Crippen molar-refractivity contribution in [1.29, 1.82) is 0 Å². The third kappa shape index (κ3) is 5.78. The van der Waals surface area contributed by atoms with E-state index in [2.05, 4.69) is 38.8 Å². The molecule has 2 heterocycles. The number of benzene rings is 1. The van der Waals surface area contributed by atoms with Gasteiger partial charge in [0.15, 0.2) is 11.7 Å². The molecule has 1 aromatic carbocycles. The highest BCUT2D eigenvalue weighted by Crippen LogP contribution is 2.28. The molecule has 4 rings (SSSR count). The van der Waals surface area contributed by atoms with E-state index in [9.17, 15) is 4.79 Å². The summed E-state index contributed by atoms with van der Waals surface area (Å²) < 4.78 is 11.0. The predicted molar refractivity (Wildman–Crippen MR) is 126 cm³/mol. The van der Waals surface area contributed by atoms with Gasteiger partial charge in [-0.25, -0.2) is 14.8 Å². The molecule has 2 aromatic heterocycles. The van der Waals surface area contributed by atoms with E-state index in [-0.39, 0.29) is 12.1 Å². The molecule has 2 N–H and O–H groups in total. The number of hydrogen-bond donors (Lipinski definition) is 2. The van der Waals surface area contributed by atoms with E-state index in [0.29, 0.717) is 11.8 Å². The number of carbonyl (C=O) groups excluding carboxylic acids is 1. The minimum atomic E-state index is -0.466. The first kappa shape index (κ1) is 22.1. The van der Waals surface area contributed by atoms with Gasteiger partial charge in [-0.05, 0) is 69.9 Å². The maximum Gasteiger partial charge on any atom is 0.407 e. The van der Waals surface area contributed by atoms with Crippen LogP contribution in [0.25, 0.3) is 22.1 Å². The van der Waals surface area contributed by atoms with Crippen LogP contribution in [0.5, 0.6) is 0 Å². The van der Waals surface area contributed by atoms with Crippen molar-refractivity contribution in [3.8, 4) is 11.3 Å². The Balaban J connectivity index is 1.30. The van der Waals surface area contributed by atoms with Crippen LogP contribution in [-0.4, -0.2) is 34.2 Å². The highest BCUT2D eigenvalue weighted by Gasteiger charge is 2.24. The van der Waals surface area contributed by atoms with Crippen LogP contribution >= 0.6 is 0 Å². The van der Waals surface area contributed by atoms with Crippen LogP contribution < -0.4 is 10.6 Å². The van der Waals surface area contributed by atoms with Crippen LogP contribution in [0.3, 0.4) is 0 Å². The third-order valence-corrected chi connectivity index (χ3v) is 5.77. The van der Waals surface area contributed by atoms with Crippen LogP contribution in [0, 0.1) is 12.8 Å². The Morgan fingerprint density at radius 1 is 1.09 bits per heavy atom. The maximum atomic E-state index is 12.0. The molecular weight excluding hydrogens is 404 g/mol. The number of hydrogen-bond acceptors (Lipinski definition) is 6. The van der Waals surface area contributed by atoms with Gasteiger partial charge in [-0.1, -0.05) is 12.1 Å². The quantitative estimate of drug-likeness (QED) is 0.534. The highest BCUT2D eigenvalue weighted by atomic mass is 16.6. The number of rotatable bonds is 5. The Labute approximate surface area is 189 Å². The molecule has 7 heteroatoms. The minimum absolute atomic E-state index is 0.193. The van der Waals surface area contributed by atoms with Gasteiger partial charge < -0.3 is 19.8 Å². The highest BCUT2D eigenvalue weighted by molar-refractivity contribution is 5.87. The van der Waals surface area contributed by atoms with Crippen molar-refractivity contribution < 1.29 is 13.9 Å². The molecular formula is C25H32N4O3. The second kappa shape index (κ2) is 9.18. The number of ether oxygens (including phenoxy) is 1. The van der Waals surface area contributed by atoms with Gasteiger partial charge in [0.1, 0.15) is 11.4 Å². The summed E-state index contributed by atoms with van der Waals surface area (Å²) in [6, 6.07) is 8.46. The number of nitrogens with zero attached hydrogens (tertiary/aromatic N) is 2. The lowest BCUT2D eigenvalue weighted by atomic mass is 9.86. The molecule has 1 aliphatic rings. The summed E-state index contributed by atoms with van der Waals surface area (Å²) >= 11 is 0. The molecule has 1 saturated carbocycles. The Morgan fingerprint density at radius 3 is 2.56 bits per heavy atom. The summed E-state index contributed by atoms with van der Waals surface area (Å²) in [4.78, 5) is 20.7. The van der Waals surface area contributed by atoms with Crippen molar-refractivity contribution in [1.82, 2.24) is 15.3 Å². The SMILES string of the molecule is Cc1ncc(-c2ccc3cnc(NCC4CCC(NC(=O)OC(C)(C)C)CC4)cc3c2)o1. The molecule has 0 atom stereocenters. The third-order valence-electron chi connectivity index (χ3n) is 5.77. The molecule has 0 bridgehead atoms. The van der Waals surface area contributed by atoms with Crippen molar-refractivity contribution in [2.75, 3.05) is 11.9 Å². The number of aromatic nitrogens is 2. The van der Waals surface area contributed by atoms with Crippen molar-refractivity contribution in [2.24, 2.45) is 5.92 Å². The zero-order valence-corrected chi connectivity index (χ0v) is 19.3. The number of pyridine rings is 1. The fourth-order valence-electron chi connectivity index (χ4n) is 4.12. The Kier molecular flexibility index (Phi) is 6.35. The average molecular weight is 437 g/mol. The van der Waals surface area contributed by atoms with Crippen LogP contribution in [0.1, 0.15) is 52.3 Å². The first-order chi connectivity index (χ1) is 15.2. The monoisotopic (exact) mass is 436 g/mol. The van der Waals surface area contributed by atoms with Gasteiger partial charge in [-0.15, -0.1) is 0 Å². The van der Waals surface area contributed by atoms with Crippen LogP contribution in [0.15, 0.2) is 41.1 Å². The number of carbonyl (C=O) groups is 1. The van der Waals surface area contributed by atoms with E-state index in [1.165, 1.54) is 0 Å². The topological polar surface area (TPSA) is 89.3 Å².